The van der Waals surface area contributed by atoms with Gasteiger partial charge in [0.25, 0.3) is 17.5 Å². The molecule has 0 aromatic heterocycles. The van der Waals surface area contributed by atoms with Crippen molar-refractivity contribution in [1.82, 2.24) is 10.9 Å². The fourth-order valence-corrected chi connectivity index (χ4v) is 2.26. The summed E-state index contributed by atoms with van der Waals surface area (Å²) in [6, 6.07) is 10.4. The third-order valence-electron chi connectivity index (χ3n) is 3.59. The molecule has 4 N–H and O–H groups in total. The molecule has 1 heterocycles. The number of fused-ring (bicyclic) bond motifs is 1. The number of hydrogen-bond donors (Lipinski definition) is 3. The first-order valence-corrected chi connectivity index (χ1v) is 7.48. The topological polar surface area (TPSA) is 146 Å². The molecule has 0 spiro atoms. The highest BCUT2D eigenvalue weighted by Gasteiger charge is 2.27. The second-order valence-electron chi connectivity index (χ2n) is 5.34. The van der Waals surface area contributed by atoms with Gasteiger partial charge in [0.1, 0.15) is 12.3 Å². The maximum Gasteiger partial charge on any atom is 0.292 e. The summed E-state index contributed by atoms with van der Waals surface area (Å²) in [7, 11) is 0. The van der Waals surface area contributed by atoms with Crippen LogP contribution in [0.1, 0.15) is 10.4 Å². The van der Waals surface area contributed by atoms with Crippen LogP contribution in [0.4, 0.5) is 11.4 Å². The molecule has 2 aromatic carbocycles. The van der Waals surface area contributed by atoms with Crippen LogP contribution in [0.5, 0.6) is 11.5 Å². The summed E-state index contributed by atoms with van der Waals surface area (Å²) in [6.07, 6.45) is -0.953. The Morgan fingerprint density at radius 3 is 2.62 bits per heavy atom. The molecule has 0 saturated carbocycles. The molecule has 0 radical (unpaired) electrons. The first kappa shape index (κ1) is 17.0. The number of ether oxygens (including phenoxy) is 2. The monoisotopic (exact) mass is 358 g/mol. The molecule has 2 amide bonds. The normalized spacial score (nSPS) is 15.0. The van der Waals surface area contributed by atoms with Crippen molar-refractivity contribution >= 4 is 23.2 Å². The number of nitrogens with one attached hydrogen (secondary N) is 2. The van der Waals surface area contributed by atoms with E-state index in [1.54, 1.807) is 24.3 Å². The van der Waals surface area contributed by atoms with Crippen LogP contribution < -0.4 is 26.1 Å². The molecule has 3 rings (SSSR count). The van der Waals surface area contributed by atoms with Crippen molar-refractivity contribution in [1.29, 1.82) is 0 Å². The summed E-state index contributed by atoms with van der Waals surface area (Å²) < 4.78 is 10.9. The first-order valence-electron chi connectivity index (χ1n) is 7.48. The van der Waals surface area contributed by atoms with Gasteiger partial charge in [-0.3, -0.25) is 30.6 Å². The summed E-state index contributed by atoms with van der Waals surface area (Å²) in [5.74, 6) is -0.425. The molecule has 1 aliphatic heterocycles. The summed E-state index contributed by atoms with van der Waals surface area (Å²) in [5, 5.41) is 10.9. The highest BCUT2D eigenvalue weighted by atomic mass is 16.6. The van der Waals surface area contributed by atoms with Gasteiger partial charge in [-0.05, 0) is 24.3 Å². The molecule has 2 aromatic rings. The number of nitro benzene ring substituents is 1. The molecule has 0 unspecified atom stereocenters. The third-order valence-corrected chi connectivity index (χ3v) is 3.59. The van der Waals surface area contributed by atoms with E-state index in [-0.39, 0.29) is 17.9 Å². The number of nitro groups is 1. The van der Waals surface area contributed by atoms with Gasteiger partial charge in [0.05, 0.1) is 4.92 Å². The Bertz CT molecular complexity index is 885. The van der Waals surface area contributed by atoms with E-state index in [0.29, 0.717) is 11.5 Å². The number of hydrazine groups is 1. The number of amides is 2. The van der Waals surface area contributed by atoms with E-state index in [1.807, 2.05) is 0 Å². The lowest BCUT2D eigenvalue weighted by molar-refractivity contribution is -0.383. The number of hydrogen-bond acceptors (Lipinski definition) is 7. The van der Waals surface area contributed by atoms with Gasteiger partial charge in [-0.1, -0.05) is 12.1 Å². The van der Waals surface area contributed by atoms with E-state index in [2.05, 4.69) is 10.9 Å². The average Bonchev–Trinajstić information content (AvgIpc) is 2.65. The van der Waals surface area contributed by atoms with E-state index in [1.165, 1.54) is 12.1 Å². The van der Waals surface area contributed by atoms with Crippen molar-refractivity contribution in [3.8, 4) is 11.5 Å². The van der Waals surface area contributed by atoms with Crippen molar-refractivity contribution in [3.63, 3.8) is 0 Å². The largest absolute Gasteiger partial charge is 0.485 e. The molecule has 0 saturated heterocycles. The molecular formula is C16H14N4O6. The highest BCUT2D eigenvalue weighted by Crippen LogP contribution is 2.30. The quantitative estimate of drug-likeness (QED) is 0.417. The maximum absolute atomic E-state index is 12.1. The number of nitrogens with zero attached hydrogens (tertiary/aromatic N) is 1. The Labute approximate surface area is 147 Å². The molecule has 1 aliphatic rings. The van der Waals surface area contributed by atoms with Crippen molar-refractivity contribution in [2.24, 2.45) is 0 Å². The van der Waals surface area contributed by atoms with Crippen LogP contribution in [0.15, 0.2) is 42.5 Å². The molecule has 26 heavy (non-hydrogen) atoms. The van der Waals surface area contributed by atoms with Crippen molar-refractivity contribution in [2.75, 3.05) is 12.3 Å². The van der Waals surface area contributed by atoms with Crippen molar-refractivity contribution in [2.45, 2.75) is 6.10 Å². The molecule has 0 bridgehead atoms. The highest BCUT2D eigenvalue weighted by molar-refractivity contribution is 5.97. The predicted octanol–water partition coefficient (Wildman–Crippen LogP) is 0.778. The molecule has 0 aliphatic carbocycles. The van der Waals surface area contributed by atoms with Gasteiger partial charge in [-0.25, -0.2) is 0 Å². The minimum Gasteiger partial charge on any atom is -0.485 e. The lowest BCUT2D eigenvalue weighted by Crippen LogP contribution is -2.50. The number of rotatable bonds is 3. The fourth-order valence-electron chi connectivity index (χ4n) is 2.26. The van der Waals surface area contributed by atoms with Gasteiger partial charge < -0.3 is 15.2 Å². The van der Waals surface area contributed by atoms with Crippen LogP contribution in [0.3, 0.4) is 0 Å². The summed E-state index contributed by atoms with van der Waals surface area (Å²) in [4.78, 5) is 34.3. The van der Waals surface area contributed by atoms with Crippen LogP contribution in [-0.4, -0.2) is 29.4 Å². The number of nitrogen functional groups attached to an aromatic ring is 1. The molecule has 10 heteroatoms. The Kier molecular flexibility index (Phi) is 4.56. The van der Waals surface area contributed by atoms with Gasteiger partial charge in [0.2, 0.25) is 6.10 Å². The van der Waals surface area contributed by atoms with E-state index < -0.39 is 28.5 Å². The summed E-state index contributed by atoms with van der Waals surface area (Å²) >= 11 is 0. The van der Waals surface area contributed by atoms with Crippen LogP contribution in [-0.2, 0) is 4.79 Å². The first-order chi connectivity index (χ1) is 12.5. The lowest BCUT2D eigenvalue weighted by Gasteiger charge is -2.25. The zero-order chi connectivity index (χ0) is 18.7. The van der Waals surface area contributed by atoms with Crippen LogP contribution >= 0.6 is 0 Å². The Hall–Kier alpha value is -3.82. The predicted molar refractivity (Wildman–Crippen MR) is 89.5 cm³/mol. The van der Waals surface area contributed by atoms with E-state index >= 15 is 0 Å². The summed E-state index contributed by atoms with van der Waals surface area (Å²) in [6.45, 7) is -0.0218. The van der Waals surface area contributed by atoms with Gasteiger partial charge in [0, 0.05) is 11.6 Å². The van der Waals surface area contributed by atoms with Crippen molar-refractivity contribution < 1.29 is 24.0 Å². The van der Waals surface area contributed by atoms with E-state index in [4.69, 9.17) is 15.2 Å². The number of carbonyl (C=O) groups is 2. The van der Waals surface area contributed by atoms with Crippen LogP contribution in [0, 0.1) is 10.1 Å². The van der Waals surface area contributed by atoms with Gasteiger partial charge >= 0.3 is 0 Å². The molecular weight excluding hydrogens is 344 g/mol. The number of anilines is 1. The number of para-hydroxylation sites is 2. The van der Waals surface area contributed by atoms with Gasteiger partial charge in [-0.15, -0.1) is 0 Å². The molecule has 134 valence electrons. The maximum atomic E-state index is 12.1. The standard InChI is InChI=1S/C16H14N4O6/c17-10-6-5-9(7-11(10)20(23)24)15(21)18-19-16(22)14-8-25-12-3-1-2-4-13(12)26-14/h1-7,14H,8,17H2,(H,18,21)(H,19,22)/t14-/m1/s1. The second-order valence-corrected chi connectivity index (χ2v) is 5.34. The smallest absolute Gasteiger partial charge is 0.292 e. The zero-order valence-corrected chi connectivity index (χ0v) is 13.3. The number of benzene rings is 2. The number of nitrogens with two attached hydrogens (primary N) is 1. The Morgan fingerprint density at radius 1 is 1.15 bits per heavy atom. The minimum atomic E-state index is -0.953. The molecule has 10 nitrogen and oxygen atoms in total. The fraction of sp³-hybridized carbons (Fsp3) is 0.125. The molecule has 1 atom stereocenters. The van der Waals surface area contributed by atoms with Gasteiger partial charge in [-0.2, -0.15) is 0 Å². The summed E-state index contributed by atoms with van der Waals surface area (Å²) in [5.41, 5.74) is 9.35. The van der Waals surface area contributed by atoms with Gasteiger partial charge in [0.15, 0.2) is 11.5 Å². The van der Waals surface area contributed by atoms with Crippen molar-refractivity contribution in [3.05, 3.63) is 58.1 Å². The second kappa shape index (κ2) is 6.97. The van der Waals surface area contributed by atoms with E-state index in [0.717, 1.165) is 6.07 Å². The molecule has 0 fully saturated rings. The third kappa shape index (κ3) is 3.48. The van der Waals surface area contributed by atoms with Crippen LogP contribution in [0.25, 0.3) is 0 Å². The lowest BCUT2D eigenvalue weighted by atomic mass is 10.1. The zero-order valence-electron chi connectivity index (χ0n) is 13.3. The Balaban J connectivity index is 1.61. The minimum absolute atomic E-state index is 0.0218. The average molecular weight is 358 g/mol. The van der Waals surface area contributed by atoms with E-state index in [9.17, 15) is 19.7 Å². The van der Waals surface area contributed by atoms with Crippen LogP contribution in [0.2, 0.25) is 0 Å². The Morgan fingerprint density at radius 2 is 1.88 bits per heavy atom. The SMILES string of the molecule is Nc1ccc(C(=O)NNC(=O)[C@H]2COc3ccccc3O2)cc1[N+](=O)[O-]. The number of carbonyl (C=O) groups excluding carboxylic acids is 2.